The Morgan fingerprint density at radius 2 is 1.53 bits per heavy atom. The molecule has 3 heterocycles. The number of aromatic nitrogens is 2. The Hall–Kier alpha value is -5.21. The van der Waals surface area contributed by atoms with Crippen LogP contribution in [0.15, 0.2) is 110 Å². The van der Waals surface area contributed by atoms with Crippen molar-refractivity contribution in [2.75, 3.05) is 13.2 Å². The molecule has 16 heteroatoms. The summed E-state index contributed by atoms with van der Waals surface area (Å²) in [7, 11) is 0. The highest BCUT2D eigenvalue weighted by Gasteiger charge is 2.64. The van der Waals surface area contributed by atoms with Gasteiger partial charge in [0.05, 0.1) is 21.5 Å². The van der Waals surface area contributed by atoms with Gasteiger partial charge in [0.1, 0.15) is 35.6 Å². The van der Waals surface area contributed by atoms with Gasteiger partial charge in [-0.3, -0.25) is 14.4 Å². The van der Waals surface area contributed by atoms with Crippen LogP contribution in [0, 0.1) is 5.41 Å². The number of halogens is 3. The second-order valence-corrected chi connectivity index (χ2v) is 17.5. The number of nitrogens with zero attached hydrogens (tertiary/aromatic N) is 3. The van der Waals surface area contributed by atoms with Crippen molar-refractivity contribution < 1.29 is 38.1 Å². The minimum Gasteiger partial charge on any atom is -0.488 e. The predicted molar refractivity (Wildman–Crippen MR) is 224 cm³/mol. The number of amides is 2. The largest absolute Gasteiger partial charge is 0.488 e. The van der Waals surface area contributed by atoms with Crippen LogP contribution in [-0.2, 0) is 23.9 Å². The van der Waals surface area contributed by atoms with Crippen molar-refractivity contribution in [2.24, 2.45) is 5.41 Å². The summed E-state index contributed by atoms with van der Waals surface area (Å²) in [5.41, 5.74) is -0.849. The first-order chi connectivity index (χ1) is 28.1. The molecule has 2 aliphatic rings. The van der Waals surface area contributed by atoms with Gasteiger partial charge in [-0.1, -0.05) is 95.5 Å². The Balaban J connectivity index is 1.28. The minimum atomic E-state index is -1.74. The summed E-state index contributed by atoms with van der Waals surface area (Å²) in [6.45, 7) is 5.89. The van der Waals surface area contributed by atoms with E-state index < -0.39 is 58.4 Å². The number of hydrogen-bond acceptors (Lipinski definition) is 10. The molecule has 0 aliphatic carbocycles. The van der Waals surface area contributed by atoms with Gasteiger partial charge in [-0.05, 0) is 62.2 Å². The fourth-order valence-corrected chi connectivity index (χ4v) is 9.21. The van der Waals surface area contributed by atoms with E-state index in [1.54, 1.807) is 45.0 Å². The van der Waals surface area contributed by atoms with Crippen molar-refractivity contribution in [3.63, 3.8) is 0 Å². The number of nitrogens with one attached hydrogen (secondary N) is 1. The lowest BCUT2D eigenvalue weighted by Gasteiger charge is -2.56. The van der Waals surface area contributed by atoms with E-state index in [1.807, 2.05) is 60.7 Å². The van der Waals surface area contributed by atoms with E-state index in [9.17, 15) is 14.4 Å². The third kappa shape index (κ3) is 9.03. The Morgan fingerprint density at radius 1 is 0.898 bits per heavy atom. The van der Waals surface area contributed by atoms with Crippen LogP contribution in [0.2, 0.25) is 15.1 Å². The molecule has 2 amide bonds. The first kappa shape index (κ1) is 41.9. The summed E-state index contributed by atoms with van der Waals surface area (Å²) < 4.78 is 26.0. The Morgan fingerprint density at radius 3 is 2.14 bits per heavy atom. The number of β-lactam (4-membered cyclic amide) rings is 1. The number of ether oxygens (including phenoxy) is 4. The number of carbonyl (C=O) groups excluding carboxylic acids is 4. The zero-order chi connectivity index (χ0) is 42.1. The van der Waals surface area contributed by atoms with Gasteiger partial charge < -0.3 is 29.2 Å². The maximum atomic E-state index is 15.2. The number of imidazole rings is 1. The monoisotopic (exact) mass is 876 g/mol. The number of benzene rings is 4. The average Bonchev–Trinajstić information content (AvgIpc) is 3.67. The molecule has 0 bridgehead atoms. The molecule has 0 radical (unpaired) electrons. The molecule has 0 saturated carbocycles. The van der Waals surface area contributed by atoms with E-state index in [1.165, 1.54) is 52.8 Å². The summed E-state index contributed by atoms with van der Waals surface area (Å²) in [5, 5.41) is 2.26. The lowest BCUT2D eigenvalue weighted by Crippen LogP contribution is -2.71. The molecule has 306 valence electrons. The van der Waals surface area contributed by atoms with Gasteiger partial charge in [-0.25, -0.2) is 14.3 Å². The summed E-state index contributed by atoms with van der Waals surface area (Å²) in [6, 6.07) is 27.9. The normalized spacial score (nSPS) is 20.0. The predicted octanol–water partition coefficient (Wildman–Crippen LogP) is 9.28. The van der Waals surface area contributed by atoms with Crippen molar-refractivity contribution in [3.8, 4) is 17.2 Å². The molecule has 7 rings (SSSR count). The number of fused-ring (bicyclic) bond motifs is 1. The quantitative estimate of drug-likeness (QED) is 0.101. The third-order valence-corrected chi connectivity index (χ3v) is 12.0. The SMILES string of the molecule is CC(=O)NC1S[C@@H]2C(c3cncn3C(=O)OC(C)(C)C)C(=O)N2CC1(COc1cc(Cl)ccc1Oc1ccc(Cl)cc1Cl)C(=O)OC(c1ccccc1)c1ccccc1. The van der Waals surface area contributed by atoms with Crippen molar-refractivity contribution in [1.29, 1.82) is 0 Å². The number of rotatable bonds is 11. The van der Waals surface area contributed by atoms with Gasteiger partial charge in [-0.2, -0.15) is 0 Å². The average molecular weight is 878 g/mol. The molecule has 0 spiro atoms. The molecule has 2 aliphatic heterocycles. The van der Waals surface area contributed by atoms with Crippen LogP contribution in [0.1, 0.15) is 56.5 Å². The summed E-state index contributed by atoms with van der Waals surface area (Å²) >= 11 is 20.2. The zero-order valence-electron chi connectivity index (χ0n) is 32.3. The molecule has 59 heavy (non-hydrogen) atoms. The molecule has 1 aromatic heterocycles. The van der Waals surface area contributed by atoms with E-state index in [2.05, 4.69) is 10.3 Å². The molecular weight excluding hydrogens is 839 g/mol. The van der Waals surface area contributed by atoms with Crippen molar-refractivity contribution in [3.05, 3.63) is 141 Å². The summed E-state index contributed by atoms with van der Waals surface area (Å²) in [6.07, 6.45) is 1.16. The van der Waals surface area contributed by atoms with Gasteiger partial charge in [0.15, 0.2) is 17.6 Å². The lowest BCUT2D eigenvalue weighted by molar-refractivity contribution is -0.170. The molecule has 4 atom stereocenters. The van der Waals surface area contributed by atoms with Crippen LogP contribution in [0.3, 0.4) is 0 Å². The van der Waals surface area contributed by atoms with Crippen LogP contribution in [0.25, 0.3) is 0 Å². The van der Waals surface area contributed by atoms with Crippen LogP contribution in [-0.4, -0.2) is 67.8 Å². The third-order valence-electron chi connectivity index (χ3n) is 9.62. The smallest absolute Gasteiger partial charge is 0.420 e. The summed E-state index contributed by atoms with van der Waals surface area (Å²) in [5.74, 6) is -1.80. The molecule has 2 saturated heterocycles. The lowest BCUT2D eigenvalue weighted by atomic mass is 9.83. The molecule has 1 N–H and O–H groups in total. The van der Waals surface area contributed by atoms with Crippen LogP contribution >= 0.6 is 46.6 Å². The van der Waals surface area contributed by atoms with Gasteiger partial charge in [0.2, 0.25) is 11.8 Å². The van der Waals surface area contributed by atoms with Crippen LogP contribution in [0.4, 0.5) is 4.79 Å². The van der Waals surface area contributed by atoms with E-state index in [0.717, 1.165) is 0 Å². The minimum absolute atomic E-state index is 0.140. The first-order valence-electron chi connectivity index (χ1n) is 18.5. The zero-order valence-corrected chi connectivity index (χ0v) is 35.3. The van der Waals surface area contributed by atoms with Gasteiger partial charge >= 0.3 is 12.1 Å². The second-order valence-electron chi connectivity index (χ2n) is 15.0. The molecule has 4 aromatic carbocycles. The van der Waals surface area contributed by atoms with Gasteiger partial charge in [0.25, 0.3) is 0 Å². The molecule has 3 unspecified atom stereocenters. The number of thioether (sulfide) groups is 1. The molecule has 12 nitrogen and oxygen atoms in total. The standard InChI is InChI=1S/C43H39Cl3N4O8S/c1-25(51)48-39-43(40(53)57-36(26-11-7-5-8-12-26)27-13-9-6-10-14-27,23-55-34-20-29(45)16-18-33(34)56-32-17-15-28(44)19-30(32)46)22-49-37(52)35(38(49)59-39)31-21-47-24-50(31)41(54)58-42(2,3)4/h5-21,24,35-36,38-39H,22-23H2,1-4H3,(H,48,51)/t35?,38-,39?,43?/m1/s1. The fraction of sp³-hybridized carbons (Fsp3) is 0.279. The van der Waals surface area contributed by atoms with E-state index in [0.29, 0.717) is 26.9 Å². The Labute approximate surface area is 360 Å². The van der Waals surface area contributed by atoms with Gasteiger partial charge in [-0.15, -0.1) is 11.8 Å². The van der Waals surface area contributed by atoms with Crippen LogP contribution in [0.5, 0.6) is 17.2 Å². The first-order valence-corrected chi connectivity index (χ1v) is 20.6. The summed E-state index contributed by atoms with van der Waals surface area (Å²) in [4.78, 5) is 61.4. The van der Waals surface area contributed by atoms with Crippen molar-refractivity contribution >= 4 is 70.4 Å². The van der Waals surface area contributed by atoms with Gasteiger partial charge in [0, 0.05) is 35.8 Å². The van der Waals surface area contributed by atoms with Crippen molar-refractivity contribution in [1.82, 2.24) is 19.8 Å². The Bertz CT molecular complexity index is 2340. The van der Waals surface area contributed by atoms with Crippen LogP contribution < -0.4 is 14.8 Å². The number of carbonyl (C=O) groups is 4. The topological polar surface area (TPSA) is 138 Å². The maximum Gasteiger partial charge on any atom is 0.420 e. The van der Waals surface area contributed by atoms with E-state index in [4.69, 9.17) is 53.8 Å². The van der Waals surface area contributed by atoms with E-state index >= 15 is 4.79 Å². The molecular formula is C43H39Cl3N4O8S. The molecule has 2 fully saturated rings. The Kier molecular flexibility index (Phi) is 12.2. The number of esters is 1. The second kappa shape index (κ2) is 17.2. The van der Waals surface area contributed by atoms with E-state index in [-0.39, 0.29) is 34.7 Å². The highest BCUT2D eigenvalue weighted by molar-refractivity contribution is 8.00. The highest BCUT2D eigenvalue weighted by atomic mass is 35.5. The maximum absolute atomic E-state index is 15.2. The highest BCUT2D eigenvalue weighted by Crippen LogP contribution is 2.53. The molecule has 5 aromatic rings. The fourth-order valence-electron chi connectivity index (χ4n) is 6.85. The number of hydrogen-bond donors (Lipinski definition) is 1. The van der Waals surface area contributed by atoms with Crippen molar-refractivity contribution in [2.45, 2.75) is 56.1 Å².